The lowest BCUT2D eigenvalue weighted by atomic mass is 10.0. The van der Waals surface area contributed by atoms with Gasteiger partial charge >= 0.3 is 0 Å². The van der Waals surface area contributed by atoms with Crippen LogP contribution in [-0.2, 0) is 11.4 Å². The van der Waals surface area contributed by atoms with Crippen molar-refractivity contribution in [2.24, 2.45) is 0 Å². The van der Waals surface area contributed by atoms with E-state index in [0.29, 0.717) is 17.0 Å². The minimum atomic E-state index is -0.492. The number of nitrogens with one attached hydrogen (secondary N) is 1. The number of nitriles is 1. The van der Waals surface area contributed by atoms with Crippen LogP contribution in [0.5, 0.6) is 5.75 Å². The van der Waals surface area contributed by atoms with Gasteiger partial charge < -0.3 is 10.1 Å². The molecule has 0 unspecified atom stereocenters. The Hall–Kier alpha value is -4.43. The van der Waals surface area contributed by atoms with Gasteiger partial charge in [0.2, 0.25) is 0 Å². The largest absolute Gasteiger partial charge is 0.488 e. The van der Waals surface area contributed by atoms with E-state index in [1.54, 1.807) is 18.2 Å². The second-order valence-corrected chi connectivity index (χ2v) is 7.99. The van der Waals surface area contributed by atoms with E-state index in [-0.39, 0.29) is 18.0 Å². The van der Waals surface area contributed by atoms with Crippen molar-refractivity contribution >= 4 is 28.4 Å². The Kier molecular flexibility index (Phi) is 6.70. The zero-order valence-electron chi connectivity index (χ0n) is 18.9. The Morgan fingerprint density at radius 3 is 2.53 bits per heavy atom. The maximum atomic E-state index is 13.2. The lowest BCUT2D eigenvalue weighted by Gasteiger charge is -2.13. The fourth-order valence-corrected chi connectivity index (χ4v) is 3.66. The first-order valence-corrected chi connectivity index (χ1v) is 10.8. The van der Waals surface area contributed by atoms with Crippen LogP contribution in [0, 0.1) is 31.0 Å². The van der Waals surface area contributed by atoms with Crippen molar-refractivity contribution in [3.8, 4) is 11.8 Å². The van der Waals surface area contributed by atoms with Crippen LogP contribution in [0.15, 0.2) is 84.4 Å². The van der Waals surface area contributed by atoms with Gasteiger partial charge in [-0.1, -0.05) is 54.6 Å². The maximum absolute atomic E-state index is 13.2. The zero-order chi connectivity index (χ0) is 24.1. The summed E-state index contributed by atoms with van der Waals surface area (Å²) in [5.74, 6) is -0.282. The molecule has 0 aliphatic carbocycles. The van der Waals surface area contributed by atoms with Crippen LogP contribution in [0.4, 0.5) is 10.1 Å². The number of amides is 1. The van der Waals surface area contributed by atoms with E-state index in [4.69, 9.17) is 4.74 Å². The Morgan fingerprint density at radius 1 is 1.00 bits per heavy atom. The molecule has 1 amide bonds. The average Bonchev–Trinajstić information content (AvgIpc) is 2.85. The highest BCUT2D eigenvalue weighted by Gasteiger charge is 2.15. The van der Waals surface area contributed by atoms with E-state index >= 15 is 0 Å². The molecule has 34 heavy (non-hydrogen) atoms. The molecule has 0 fully saturated rings. The molecule has 0 radical (unpaired) electrons. The minimum absolute atomic E-state index is 0.0381. The van der Waals surface area contributed by atoms with E-state index in [9.17, 15) is 14.4 Å². The highest BCUT2D eigenvalue weighted by atomic mass is 19.1. The van der Waals surface area contributed by atoms with Crippen molar-refractivity contribution in [3.63, 3.8) is 0 Å². The number of anilines is 1. The average molecular weight is 451 g/mol. The van der Waals surface area contributed by atoms with Gasteiger partial charge in [-0.05, 0) is 71.7 Å². The molecule has 0 spiro atoms. The summed E-state index contributed by atoms with van der Waals surface area (Å²) in [7, 11) is 0. The molecule has 0 aliphatic rings. The van der Waals surface area contributed by atoms with E-state index in [1.807, 2.05) is 74.5 Å². The third-order valence-electron chi connectivity index (χ3n) is 5.74. The molecule has 0 aliphatic heterocycles. The number of carbonyl (C=O) groups is 1. The molecule has 0 atom stereocenters. The van der Waals surface area contributed by atoms with Crippen molar-refractivity contribution in [3.05, 3.63) is 113 Å². The molecule has 4 nitrogen and oxygen atoms in total. The number of carbonyl (C=O) groups excluding carboxylic acids is 1. The number of hydrogen-bond acceptors (Lipinski definition) is 3. The quantitative estimate of drug-likeness (QED) is 0.262. The SMILES string of the molecule is Cc1cccc(NC(=O)/C(C#N)=C/c2c(OCc3ccc(F)cc3)ccc3ccccc23)c1C. The fourth-order valence-electron chi connectivity index (χ4n) is 3.66. The zero-order valence-corrected chi connectivity index (χ0v) is 18.9. The molecule has 5 heteroatoms. The summed E-state index contributed by atoms with van der Waals surface area (Å²) < 4.78 is 19.3. The number of nitrogens with zero attached hydrogens (tertiary/aromatic N) is 1. The van der Waals surface area contributed by atoms with Gasteiger partial charge in [-0.3, -0.25) is 4.79 Å². The molecule has 0 bridgehead atoms. The number of ether oxygens (including phenoxy) is 1. The van der Waals surface area contributed by atoms with Crippen LogP contribution in [-0.4, -0.2) is 5.91 Å². The topological polar surface area (TPSA) is 62.1 Å². The normalized spacial score (nSPS) is 11.2. The maximum Gasteiger partial charge on any atom is 0.266 e. The van der Waals surface area contributed by atoms with E-state index < -0.39 is 5.91 Å². The summed E-state index contributed by atoms with van der Waals surface area (Å²) in [6, 6.07) is 25.2. The first kappa shape index (κ1) is 22.8. The number of hydrogen-bond donors (Lipinski definition) is 1. The van der Waals surface area contributed by atoms with Gasteiger partial charge in [-0.2, -0.15) is 5.26 Å². The highest BCUT2D eigenvalue weighted by Crippen LogP contribution is 2.31. The lowest BCUT2D eigenvalue weighted by Crippen LogP contribution is -2.14. The van der Waals surface area contributed by atoms with Gasteiger partial charge in [0.25, 0.3) is 5.91 Å². The first-order chi connectivity index (χ1) is 16.5. The van der Waals surface area contributed by atoms with Crippen LogP contribution >= 0.6 is 0 Å². The second-order valence-electron chi connectivity index (χ2n) is 7.99. The van der Waals surface area contributed by atoms with Crippen LogP contribution < -0.4 is 10.1 Å². The van der Waals surface area contributed by atoms with Gasteiger partial charge in [-0.15, -0.1) is 0 Å². The minimum Gasteiger partial charge on any atom is -0.488 e. The number of rotatable bonds is 6. The predicted octanol–water partition coefficient (Wildman–Crippen LogP) is 6.72. The molecule has 1 N–H and O–H groups in total. The molecule has 168 valence electrons. The van der Waals surface area contributed by atoms with Crippen molar-refractivity contribution in [1.29, 1.82) is 5.26 Å². The summed E-state index contributed by atoms with van der Waals surface area (Å²) in [5, 5.41) is 14.5. The lowest BCUT2D eigenvalue weighted by molar-refractivity contribution is -0.112. The Balaban J connectivity index is 1.70. The van der Waals surface area contributed by atoms with Gasteiger partial charge in [0.1, 0.15) is 29.8 Å². The van der Waals surface area contributed by atoms with Crippen molar-refractivity contribution in [2.75, 3.05) is 5.32 Å². The summed E-state index contributed by atoms with van der Waals surface area (Å²) in [6.07, 6.45) is 1.56. The molecular weight excluding hydrogens is 427 g/mol. The van der Waals surface area contributed by atoms with Gasteiger partial charge in [0, 0.05) is 11.3 Å². The summed E-state index contributed by atoms with van der Waals surface area (Å²) in [5.41, 5.74) is 4.05. The third kappa shape index (κ3) is 4.97. The summed E-state index contributed by atoms with van der Waals surface area (Å²) >= 11 is 0. The highest BCUT2D eigenvalue weighted by molar-refractivity contribution is 6.11. The molecule has 4 rings (SSSR count). The number of halogens is 1. The van der Waals surface area contributed by atoms with Crippen molar-refractivity contribution in [1.82, 2.24) is 0 Å². The molecule has 0 saturated heterocycles. The van der Waals surface area contributed by atoms with E-state index in [1.165, 1.54) is 12.1 Å². The molecule has 0 saturated carbocycles. The predicted molar refractivity (Wildman–Crippen MR) is 133 cm³/mol. The fraction of sp³-hybridized carbons (Fsp3) is 0.103. The van der Waals surface area contributed by atoms with Crippen LogP contribution in [0.3, 0.4) is 0 Å². The van der Waals surface area contributed by atoms with Gasteiger partial charge in [0.05, 0.1) is 0 Å². The van der Waals surface area contributed by atoms with Crippen molar-refractivity contribution < 1.29 is 13.9 Å². The second kappa shape index (κ2) is 10.0. The molecule has 0 aromatic heterocycles. The third-order valence-corrected chi connectivity index (χ3v) is 5.74. The molecular formula is C29H23FN2O2. The smallest absolute Gasteiger partial charge is 0.266 e. The Morgan fingerprint density at radius 2 is 1.76 bits per heavy atom. The number of fused-ring (bicyclic) bond motifs is 1. The van der Waals surface area contributed by atoms with E-state index in [2.05, 4.69) is 5.32 Å². The van der Waals surface area contributed by atoms with Crippen LogP contribution in [0.1, 0.15) is 22.3 Å². The molecule has 4 aromatic carbocycles. The van der Waals surface area contributed by atoms with Crippen molar-refractivity contribution in [2.45, 2.75) is 20.5 Å². The Labute approximate surface area is 197 Å². The van der Waals surface area contributed by atoms with Crippen LogP contribution in [0.2, 0.25) is 0 Å². The number of benzene rings is 4. The monoisotopic (exact) mass is 450 g/mol. The summed E-state index contributed by atoms with van der Waals surface area (Å²) in [4.78, 5) is 13.0. The Bertz CT molecular complexity index is 1430. The van der Waals surface area contributed by atoms with Crippen LogP contribution in [0.25, 0.3) is 16.8 Å². The molecule has 0 heterocycles. The van der Waals surface area contributed by atoms with E-state index in [0.717, 1.165) is 27.5 Å². The number of aryl methyl sites for hydroxylation is 1. The standard InChI is InChI=1S/C29H23FN2O2/c1-19-6-5-9-27(20(19)2)32-29(33)23(17-31)16-26-25-8-4-3-7-22(25)12-15-28(26)34-18-21-10-13-24(30)14-11-21/h3-16H,18H2,1-2H3,(H,32,33)/b23-16+. The van der Waals surface area contributed by atoms with Gasteiger partial charge in [-0.25, -0.2) is 4.39 Å². The first-order valence-electron chi connectivity index (χ1n) is 10.8. The molecule has 4 aromatic rings. The van der Waals surface area contributed by atoms with Gasteiger partial charge in [0.15, 0.2) is 0 Å². The summed E-state index contributed by atoms with van der Waals surface area (Å²) in [6.45, 7) is 4.11.